The van der Waals surface area contributed by atoms with Crippen LogP contribution in [0.15, 0.2) is 30.3 Å². The summed E-state index contributed by atoms with van der Waals surface area (Å²) in [6.45, 7) is 6.32. The molecule has 1 aromatic carbocycles. The molecule has 3 rings (SSSR count). The summed E-state index contributed by atoms with van der Waals surface area (Å²) in [5, 5.41) is 4.08. The highest BCUT2D eigenvalue weighted by atomic mass is 16.1. The molecule has 0 unspecified atom stereocenters. The van der Waals surface area contributed by atoms with Gasteiger partial charge in [-0.2, -0.15) is 0 Å². The number of nitrogens with zero attached hydrogens (tertiary/aromatic N) is 2. The molecule has 5 nitrogen and oxygen atoms in total. The molecule has 0 aliphatic carbocycles. The fourth-order valence-electron chi connectivity index (χ4n) is 2.87. The Morgan fingerprint density at radius 3 is 2.77 bits per heavy atom. The van der Waals surface area contributed by atoms with Crippen molar-refractivity contribution in [1.82, 2.24) is 20.1 Å². The molecular weight excluding hydrogens is 276 g/mol. The highest BCUT2D eigenvalue weighted by Crippen LogP contribution is 2.14. The molecule has 0 radical (unpaired) electrons. The van der Waals surface area contributed by atoms with Crippen molar-refractivity contribution in [1.29, 1.82) is 0 Å². The Kier molecular flexibility index (Phi) is 4.75. The first-order chi connectivity index (χ1) is 10.7. The Morgan fingerprint density at radius 2 is 2.00 bits per heavy atom. The van der Waals surface area contributed by atoms with Gasteiger partial charge in [0.15, 0.2) is 0 Å². The maximum absolute atomic E-state index is 12.1. The standard InChI is InChI=1S/C17H24N4O/c1-20-9-11-21(12-10-20)8-4-7-18-17(22)16-13-14-5-2-3-6-15(14)19-16/h2-3,5-6,13,19H,4,7-12H2,1H3,(H,18,22). The number of rotatable bonds is 5. The Labute approximate surface area is 131 Å². The van der Waals surface area contributed by atoms with Crippen molar-refractivity contribution in [3.05, 3.63) is 36.0 Å². The lowest BCUT2D eigenvalue weighted by atomic mass is 10.2. The maximum Gasteiger partial charge on any atom is 0.267 e. The lowest BCUT2D eigenvalue weighted by Gasteiger charge is -2.32. The molecule has 1 saturated heterocycles. The number of piperazine rings is 1. The third-order valence-corrected chi connectivity index (χ3v) is 4.31. The molecule has 2 N–H and O–H groups in total. The Balaban J connectivity index is 1.42. The highest BCUT2D eigenvalue weighted by molar-refractivity contribution is 5.97. The van der Waals surface area contributed by atoms with E-state index in [0.717, 1.165) is 56.6 Å². The molecule has 1 fully saturated rings. The Hall–Kier alpha value is -1.85. The van der Waals surface area contributed by atoms with E-state index in [-0.39, 0.29) is 5.91 Å². The van der Waals surface area contributed by atoms with Gasteiger partial charge < -0.3 is 20.1 Å². The number of amides is 1. The second kappa shape index (κ2) is 6.94. The van der Waals surface area contributed by atoms with Gasteiger partial charge in [0.25, 0.3) is 5.91 Å². The van der Waals surface area contributed by atoms with Gasteiger partial charge in [-0.1, -0.05) is 18.2 Å². The molecule has 1 aliphatic rings. The monoisotopic (exact) mass is 300 g/mol. The third kappa shape index (κ3) is 3.67. The van der Waals surface area contributed by atoms with Crippen molar-refractivity contribution in [2.45, 2.75) is 6.42 Å². The molecule has 118 valence electrons. The number of fused-ring (bicyclic) bond motifs is 1. The number of nitrogens with one attached hydrogen (secondary N) is 2. The molecule has 1 aliphatic heterocycles. The number of benzene rings is 1. The smallest absolute Gasteiger partial charge is 0.267 e. The first-order valence-electron chi connectivity index (χ1n) is 7.99. The maximum atomic E-state index is 12.1. The van der Waals surface area contributed by atoms with Crippen molar-refractivity contribution in [3.8, 4) is 0 Å². The van der Waals surface area contributed by atoms with Gasteiger partial charge in [-0.05, 0) is 32.1 Å². The largest absolute Gasteiger partial charge is 0.351 e. The van der Waals surface area contributed by atoms with Crippen LogP contribution in [-0.4, -0.2) is 67.0 Å². The lowest BCUT2D eigenvalue weighted by molar-refractivity contribution is 0.0945. The zero-order valence-electron chi connectivity index (χ0n) is 13.1. The van der Waals surface area contributed by atoms with Gasteiger partial charge in [0.05, 0.1) is 0 Å². The highest BCUT2D eigenvalue weighted by Gasteiger charge is 2.13. The summed E-state index contributed by atoms with van der Waals surface area (Å²) >= 11 is 0. The van der Waals surface area contributed by atoms with Gasteiger partial charge >= 0.3 is 0 Å². The number of aromatic amines is 1. The van der Waals surface area contributed by atoms with Crippen LogP contribution in [-0.2, 0) is 0 Å². The minimum absolute atomic E-state index is 0.0189. The number of carbonyl (C=O) groups is 1. The molecule has 2 aromatic rings. The fraction of sp³-hybridized carbons (Fsp3) is 0.471. The van der Waals surface area contributed by atoms with Crippen LogP contribution in [0.1, 0.15) is 16.9 Å². The van der Waals surface area contributed by atoms with Gasteiger partial charge in [0, 0.05) is 43.6 Å². The normalized spacial score (nSPS) is 17.0. The minimum atomic E-state index is -0.0189. The molecule has 1 amide bonds. The van der Waals surface area contributed by atoms with Gasteiger partial charge in [-0.3, -0.25) is 4.79 Å². The van der Waals surface area contributed by atoms with E-state index in [4.69, 9.17) is 0 Å². The van der Waals surface area contributed by atoms with Gasteiger partial charge in [0.2, 0.25) is 0 Å². The number of carbonyl (C=O) groups excluding carboxylic acids is 1. The summed E-state index contributed by atoms with van der Waals surface area (Å²) in [7, 11) is 2.16. The summed E-state index contributed by atoms with van der Waals surface area (Å²) in [5.74, 6) is -0.0189. The van der Waals surface area contributed by atoms with E-state index < -0.39 is 0 Å². The summed E-state index contributed by atoms with van der Waals surface area (Å²) in [6, 6.07) is 9.85. The first-order valence-corrected chi connectivity index (χ1v) is 7.99. The second-order valence-electron chi connectivity index (χ2n) is 6.02. The molecule has 2 heterocycles. The van der Waals surface area contributed by atoms with E-state index in [1.54, 1.807) is 0 Å². The molecule has 0 bridgehead atoms. The predicted molar refractivity (Wildman–Crippen MR) is 89.2 cm³/mol. The van der Waals surface area contributed by atoms with Crippen molar-refractivity contribution < 1.29 is 4.79 Å². The van der Waals surface area contributed by atoms with Crippen molar-refractivity contribution in [3.63, 3.8) is 0 Å². The Morgan fingerprint density at radius 1 is 1.23 bits per heavy atom. The summed E-state index contributed by atoms with van der Waals surface area (Å²) in [5.41, 5.74) is 1.64. The van der Waals surface area contributed by atoms with E-state index in [0.29, 0.717) is 5.69 Å². The number of para-hydroxylation sites is 1. The quantitative estimate of drug-likeness (QED) is 0.824. The molecule has 0 atom stereocenters. The second-order valence-corrected chi connectivity index (χ2v) is 6.02. The van der Waals surface area contributed by atoms with Crippen LogP contribution in [0, 0.1) is 0 Å². The number of hydrogen-bond donors (Lipinski definition) is 2. The van der Waals surface area contributed by atoms with Crippen molar-refractivity contribution in [2.24, 2.45) is 0 Å². The van der Waals surface area contributed by atoms with Crippen LogP contribution in [0.2, 0.25) is 0 Å². The average Bonchev–Trinajstić information content (AvgIpc) is 2.97. The zero-order chi connectivity index (χ0) is 15.4. The molecule has 1 aromatic heterocycles. The van der Waals surface area contributed by atoms with Gasteiger partial charge in [0.1, 0.15) is 5.69 Å². The molecular formula is C17H24N4O. The van der Waals surface area contributed by atoms with Crippen LogP contribution in [0.5, 0.6) is 0 Å². The zero-order valence-corrected chi connectivity index (χ0v) is 13.1. The van der Waals surface area contributed by atoms with Crippen LogP contribution in [0.4, 0.5) is 0 Å². The van der Waals surface area contributed by atoms with Crippen LogP contribution >= 0.6 is 0 Å². The predicted octanol–water partition coefficient (Wildman–Crippen LogP) is 1.54. The third-order valence-electron chi connectivity index (χ3n) is 4.31. The summed E-state index contributed by atoms with van der Waals surface area (Å²) in [4.78, 5) is 20.1. The van der Waals surface area contributed by atoms with E-state index in [1.807, 2.05) is 30.3 Å². The summed E-state index contributed by atoms with van der Waals surface area (Å²) < 4.78 is 0. The SMILES string of the molecule is CN1CCN(CCCNC(=O)c2cc3ccccc3[nH]2)CC1. The first kappa shape index (κ1) is 15.1. The molecule has 22 heavy (non-hydrogen) atoms. The molecule has 0 spiro atoms. The lowest BCUT2D eigenvalue weighted by Crippen LogP contribution is -2.45. The van der Waals surface area contributed by atoms with E-state index in [2.05, 4.69) is 27.1 Å². The molecule has 0 saturated carbocycles. The number of hydrogen-bond acceptors (Lipinski definition) is 3. The van der Waals surface area contributed by atoms with Gasteiger partial charge in [-0.25, -0.2) is 0 Å². The number of likely N-dealkylation sites (N-methyl/N-ethyl adjacent to an activating group) is 1. The number of aromatic nitrogens is 1. The van der Waals surface area contributed by atoms with Crippen LogP contribution < -0.4 is 5.32 Å². The van der Waals surface area contributed by atoms with Crippen LogP contribution in [0.25, 0.3) is 10.9 Å². The minimum Gasteiger partial charge on any atom is -0.351 e. The molecule has 5 heteroatoms. The van der Waals surface area contributed by atoms with E-state index >= 15 is 0 Å². The van der Waals surface area contributed by atoms with E-state index in [1.165, 1.54) is 0 Å². The van der Waals surface area contributed by atoms with Crippen molar-refractivity contribution >= 4 is 16.8 Å². The Bertz CT molecular complexity index is 595. The summed E-state index contributed by atoms with van der Waals surface area (Å²) in [6.07, 6.45) is 0.996. The average molecular weight is 300 g/mol. The van der Waals surface area contributed by atoms with E-state index in [9.17, 15) is 4.79 Å². The fourth-order valence-corrected chi connectivity index (χ4v) is 2.87. The van der Waals surface area contributed by atoms with Gasteiger partial charge in [-0.15, -0.1) is 0 Å². The van der Waals surface area contributed by atoms with Crippen LogP contribution in [0.3, 0.4) is 0 Å². The number of H-pyrrole nitrogens is 1. The van der Waals surface area contributed by atoms with Crippen molar-refractivity contribution in [2.75, 3.05) is 46.3 Å². The topological polar surface area (TPSA) is 51.4 Å².